The summed E-state index contributed by atoms with van der Waals surface area (Å²) < 4.78 is 30.7. The minimum absolute atomic E-state index is 0.449. The number of sulfonamides is 1. The van der Waals surface area contributed by atoms with Crippen LogP contribution in [0.3, 0.4) is 0 Å². The molecule has 3 aromatic rings. The van der Waals surface area contributed by atoms with E-state index >= 15 is 0 Å². The van der Waals surface area contributed by atoms with Crippen LogP contribution in [-0.2, 0) is 10.0 Å². The Kier molecular flexibility index (Phi) is 3.24. The van der Waals surface area contributed by atoms with Gasteiger partial charge in [0.2, 0.25) is 10.0 Å². The van der Waals surface area contributed by atoms with E-state index in [0.717, 1.165) is 22.3 Å². The van der Waals surface area contributed by atoms with Gasteiger partial charge in [-0.2, -0.15) is 4.31 Å². The molecular formula is C15H16N4O3S. The highest BCUT2D eigenvalue weighted by Gasteiger charge is 2.26. The molecule has 1 saturated heterocycles. The fraction of sp³-hybridized carbons (Fsp3) is 0.333. The summed E-state index contributed by atoms with van der Waals surface area (Å²) in [7, 11) is -3.14. The Hall–Kier alpha value is -2.19. The number of hydrogen-bond acceptors (Lipinski definition) is 6. The zero-order chi connectivity index (χ0) is 16.0. The monoisotopic (exact) mass is 332 g/mol. The fourth-order valence-electron chi connectivity index (χ4n) is 2.97. The molecule has 120 valence electrons. The van der Waals surface area contributed by atoms with Gasteiger partial charge in [-0.1, -0.05) is 12.1 Å². The van der Waals surface area contributed by atoms with Crippen molar-refractivity contribution in [2.75, 3.05) is 37.3 Å². The molecule has 0 amide bonds. The van der Waals surface area contributed by atoms with Crippen LogP contribution in [-0.4, -0.2) is 55.1 Å². The molecule has 0 N–H and O–H groups in total. The molecule has 1 aliphatic rings. The van der Waals surface area contributed by atoms with Gasteiger partial charge in [0.15, 0.2) is 11.4 Å². The SMILES string of the molecule is CS(=O)(=O)N1CCN(c2ncnc3c2oc2ccccc23)CC1. The summed E-state index contributed by atoms with van der Waals surface area (Å²) in [5.74, 6) is 0.722. The number of hydrogen-bond donors (Lipinski definition) is 0. The van der Waals surface area contributed by atoms with E-state index in [9.17, 15) is 8.42 Å². The van der Waals surface area contributed by atoms with Crippen LogP contribution in [0.15, 0.2) is 35.0 Å². The van der Waals surface area contributed by atoms with Gasteiger partial charge in [-0.05, 0) is 12.1 Å². The maximum Gasteiger partial charge on any atom is 0.211 e. The van der Waals surface area contributed by atoms with Crippen molar-refractivity contribution in [3.05, 3.63) is 30.6 Å². The Morgan fingerprint density at radius 1 is 1.09 bits per heavy atom. The van der Waals surface area contributed by atoms with Crippen LogP contribution in [0.25, 0.3) is 22.1 Å². The molecule has 7 nitrogen and oxygen atoms in total. The lowest BCUT2D eigenvalue weighted by molar-refractivity contribution is 0.387. The standard InChI is InChI=1S/C15H16N4O3S/c1-23(20,21)19-8-6-18(7-9-19)15-14-13(16-10-17-15)11-4-2-3-5-12(11)22-14/h2-5,10H,6-9H2,1H3. The number of rotatable bonds is 2. The van der Waals surface area contributed by atoms with Crippen molar-refractivity contribution in [2.24, 2.45) is 0 Å². The minimum atomic E-state index is -3.14. The molecule has 1 aromatic carbocycles. The quantitative estimate of drug-likeness (QED) is 0.707. The van der Waals surface area contributed by atoms with Crippen molar-refractivity contribution in [3.63, 3.8) is 0 Å². The first-order valence-electron chi connectivity index (χ1n) is 7.36. The van der Waals surface area contributed by atoms with Crippen LogP contribution in [0.5, 0.6) is 0 Å². The molecule has 0 bridgehead atoms. The van der Waals surface area contributed by atoms with Crippen LogP contribution in [0, 0.1) is 0 Å². The first-order valence-corrected chi connectivity index (χ1v) is 9.21. The van der Waals surface area contributed by atoms with Crippen LogP contribution >= 0.6 is 0 Å². The largest absolute Gasteiger partial charge is 0.450 e. The first kappa shape index (κ1) is 14.4. The number of fused-ring (bicyclic) bond motifs is 3. The molecule has 1 aliphatic heterocycles. The number of aromatic nitrogens is 2. The van der Waals surface area contributed by atoms with E-state index in [1.54, 1.807) is 0 Å². The van der Waals surface area contributed by atoms with E-state index in [-0.39, 0.29) is 0 Å². The Morgan fingerprint density at radius 2 is 1.83 bits per heavy atom. The Balaban J connectivity index is 1.73. The van der Waals surface area contributed by atoms with Crippen molar-refractivity contribution in [1.29, 1.82) is 0 Å². The molecule has 2 aromatic heterocycles. The van der Waals surface area contributed by atoms with Gasteiger partial charge in [0, 0.05) is 31.6 Å². The van der Waals surface area contributed by atoms with Crippen molar-refractivity contribution >= 4 is 37.9 Å². The number of para-hydroxylation sites is 1. The fourth-order valence-corrected chi connectivity index (χ4v) is 3.79. The minimum Gasteiger partial charge on any atom is -0.450 e. The first-order chi connectivity index (χ1) is 11.0. The average molecular weight is 332 g/mol. The molecule has 8 heteroatoms. The van der Waals surface area contributed by atoms with Gasteiger partial charge in [-0.3, -0.25) is 0 Å². The van der Waals surface area contributed by atoms with Crippen LogP contribution in [0.4, 0.5) is 5.82 Å². The molecular weight excluding hydrogens is 316 g/mol. The maximum atomic E-state index is 11.6. The second kappa shape index (κ2) is 5.17. The highest BCUT2D eigenvalue weighted by atomic mass is 32.2. The summed E-state index contributed by atoms with van der Waals surface area (Å²) in [5.41, 5.74) is 2.22. The van der Waals surface area contributed by atoms with Crippen molar-refractivity contribution in [3.8, 4) is 0 Å². The summed E-state index contributed by atoms with van der Waals surface area (Å²) in [6, 6.07) is 7.74. The van der Waals surface area contributed by atoms with E-state index in [1.165, 1.54) is 16.9 Å². The summed E-state index contributed by atoms with van der Waals surface area (Å²) in [6.45, 7) is 2.06. The van der Waals surface area contributed by atoms with Crippen LogP contribution < -0.4 is 4.90 Å². The molecule has 0 saturated carbocycles. The number of nitrogens with zero attached hydrogens (tertiary/aromatic N) is 4. The smallest absolute Gasteiger partial charge is 0.211 e. The van der Waals surface area contributed by atoms with Gasteiger partial charge < -0.3 is 9.32 Å². The van der Waals surface area contributed by atoms with Crippen LogP contribution in [0.1, 0.15) is 0 Å². The molecule has 3 heterocycles. The highest BCUT2D eigenvalue weighted by molar-refractivity contribution is 7.88. The Morgan fingerprint density at radius 3 is 2.57 bits per heavy atom. The molecule has 23 heavy (non-hydrogen) atoms. The molecule has 0 aliphatic carbocycles. The zero-order valence-electron chi connectivity index (χ0n) is 12.6. The number of anilines is 1. The predicted molar refractivity (Wildman–Crippen MR) is 87.9 cm³/mol. The van der Waals surface area contributed by atoms with E-state index in [1.807, 2.05) is 29.2 Å². The zero-order valence-corrected chi connectivity index (χ0v) is 13.5. The normalized spacial score (nSPS) is 17.2. The third-order valence-corrected chi connectivity index (χ3v) is 5.45. The van der Waals surface area contributed by atoms with Gasteiger partial charge in [0.05, 0.1) is 6.26 Å². The highest BCUT2D eigenvalue weighted by Crippen LogP contribution is 2.32. The van der Waals surface area contributed by atoms with Crippen molar-refractivity contribution < 1.29 is 12.8 Å². The van der Waals surface area contributed by atoms with Crippen LogP contribution in [0.2, 0.25) is 0 Å². The second-order valence-corrected chi connectivity index (χ2v) is 7.60. The summed E-state index contributed by atoms with van der Waals surface area (Å²) in [6.07, 6.45) is 2.77. The van der Waals surface area contributed by atoms with Gasteiger partial charge >= 0.3 is 0 Å². The van der Waals surface area contributed by atoms with Crippen molar-refractivity contribution in [2.45, 2.75) is 0 Å². The summed E-state index contributed by atoms with van der Waals surface area (Å²) in [4.78, 5) is 10.8. The van der Waals surface area contributed by atoms with Gasteiger partial charge in [-0.25, -0.2) is 18.4 Å². The molecule has 4 rings (SSSR count). The molecule has 0 unspecified atom stereocenters. The summed E-state index contributed by atoms with van der Waals surface area (Å²) in [5, 5.41) is 0.959. The molecule has 0 atom stereocenters. The molecule has 0 radical (unpaired) electrons. The topological polar surface area (TPSA) is 79.5 Å². The third-order valence-electron chi connectivity index (χ3n) is 4.15. The third kappa shape index (κ3) is 2.43. The van der Waals surface area contributed by atoms with Gasteiger partial charge in [0.25, 0.3) is 0 Å². The number of benzene rings is 1. The summed E-state index contributed by atoms with van der Waals surface area (Å²) >= 11 is 0. The van der Waals surface area contributed by atoms with E-state index in [0.29, 0.717) is 31.8 Å². The average Bonchev–Trinajstić information content (AvgIpc) is 2.93. The van der Waals surface area contributed by atoms with E-state index in [2.05, 4.69) is 9.97 Å². The van der Waals surface area contributed by atoms with E-state index in [4.69, 9.17) is 4.42 Å². The lowest BCUT2D eigenvalue weighted by Crippen LogP contribution is -2.48. The van der Waals surface area contributed by atoms with Gasteiger partial charge in [0.1, 0.15) is 17.4 Å². The van der Waals surface area contributed by atoms with Gasteiger partial charge in [-0.15, -0.1) is 0 Å². The lowest BCUT2D eigenvalue weighted by Gasteiger charge is -2.33. The molecule has 0 spiro atoms. The Labute approximate surface area is 133 Å². The second-order valence-electron chi connectivity index (χ2n) is 5.62. The Bertz CT molecular complexity index is 975. The number of furan rings is 1. The van der Waals surface area contributed by atoms with E-state index < -0.39 is 10.0 Å². The maximum absolute atomic E-state index is 11.6. The number of piperazine rings is 1. The predicted octanol–water partition coefficient (Wildman–Crippen LogP) is 1.46. The lowest BCUT2D eigenvalue weighted by atomic mass is 10.2. The molecule has 1 fully saturated rings. The van der Waals surface area contributed by atoms with Crippen molar-refractivity contribution in [1.82, 2.24) is 14.3 Å².